The van der Waals surface area contributed by atoms with Crippen molar-refractivity contribution in [3.05, 3.63) is 158 Å². The third kappa shape index (κ3) is 3.57. The van der Waals surface area contributed by atoms with Gasteiger partial charge < -0.3 is 8.98 Å². The molecule has 0 bridgehead atoms. The van der Waals surface area contributed by atoms with E-state index in [1.807, 2.05) is 12.1 Å². The van der Waals surface area contributed by atoms with E-state index >= 15 is 0 Å². The van der Waals surface area contributed by atoms with Gasteiger partial charge in [-0.15, -0.1) is 0 Å². The summed E-state index contributed by atoms with van der Waals surface area (Å²) < 4.78 is 8.86. The van der Waals surface area contributed by atoms with Crippen LogP contribution in [0.1, 0.15) is 0 Å². The van der Waals surface area contributed by atoms with Crippen molar-refractivity contribution in [3.8, 4) is 28.1 Å². The van der Waals surface area contributed by atoms with Gasteiger partial charge in [0.15, 0.2) is 0 Å². The number of nitrogens with zero attached hydrogens (tertiary/aromatic N) is 2. The summed E-state index contributed by atoms with van der Waals surface area (Å²) in [6, 6.07) is 55.9. The Morgan fingerprint density at radius 1 is 0.478 bits per heavy atom. The van der Waals surface area contributed by atoms with Crippen LogP contribution in [0.3, 0.4) is 0 Å². The first-order chi connectivity index (χ1) is 22.8. The van der Waals surface area contributed by atoms with Crippen molar-refractivity contribution in [2.45, 2.75) is 0 Å². The van der Waals surface area contributed by atoms with Gasteiger partial charge in [-0.3, -0.25) is 0 Å². The number of hydrogen-bond acceptors (Lipinski definition) is 2. The van der Waals surface area contributed by atoms with Crippen molar-refractivity contribution >= 4 is 65.4 Å². The fourth-order valence-corrected chi connectivity index (χ4v) is 7.36. The molecule has 7 aromatic carbocycles. The standard InChI is InChI=1S/C43H26N2O/c1-2-14-29(15-3-1)45-38-22-8-5-17-32(38)35-25-24-34-31-16-4-7-21-37(31)44-41(40(34)42(35)45)28-13-10-12-27(26-28)30-19-11-20-36-33-18-6-9-23-39(33)46-43(30)36/h1-26H. The SMILES string of the molecule is c1ccc(-n2c3ccccc3c3ccc4c5ccccc5nc(-c5cccc(-c6cccc7c6oc6ccccc67)c5)c4c32)cc1. The number of pyridine rings is 1. The van der Waals surface area contributed by atoms with Crippen LogP contribution in [0.15, 0.2) is 162 Å². The molecule has 0 spiro atoms. The Kier molecular flexibility index (Phi) is 5.28. The summed E-state index contributed by atoms with van der Waals surface area (Å²) in [6.07, 6.45) is 0. The van der Waals surface area contributed by atoms with Gasteiger partial charge in [0.05, 0.1) is 22.2 Å². The molecule has 0 atom stereocenters. The smallest absolute Gasteiger partial charge is 0.143 e. The molecule has 0 saturated heterocycles. The molecule has 10 aromatic rings. The molecule has 214 valence electrons. The van der Waals surface area contributed by atoms with Crippen LogP contribution in [0.2, 0.25) is 0 Å². The van der Waals surface area contributed by atoms with Crippen molar-refractivity contribution in [1.82, 2.24) is 9.55 Å². The highest BCUT2D eigenvalue weighted by molar-refractivity contribution is 6.26. The van der Waals surface area contributed by atoms with Gasteiger partial charge in [0.25, 0.3) is 0 Å². The van der Waals surface area contributed by atoms with Crippen LogP contribution in [0.5, 0.6) is 0 Å². The summed E-state index contributed by atoms with van der Waals surface area (Å²) in [7, 11) is 0. The zero-order valence-corrected chi connectivity index (χ0v) is 24.8. The normalized spacial score (nSPS) is 11.9. The van der Waals surface area contributed by atoms with Gasteiger partial charge in [0.2, 0.25) is 0 Å². The summed E-state index contributed by atoms with van der Waals surface area (Å²) >= 11 is 0. The number of furan rings is 1. The van der Waals surface area contributed by atoms with Crippen molar-refractivity contribution in [2.75, 3.05) is 0 Å². The number of rotatable bonds is 3. The van der Waals surface area contributed by atoms with Crippen LogP contribution in [0.4, 0.5) is 0 Å². The molecule has 0 unspecified atom stereocenters. The molecule has 3 aromatic heterocycles. The Hall–Kier alpha value is -6.19. The second-order valence-corrected chi connectivity index (χ2v) is 11.9. The molecule has 46 heavy (non-hydrogen) atoms. The molecule has 3 heteroatoms. The molecule has 0 amide bonds. The molecular formula is C43H26N2O. The summed E-state index contributed by atoms with van der Waals surface area (Å²) in [5.74, 6) is 0. The summed E-state index contributed by atoms with van der Waals surface area (Å²) in [6.45, 7) is 0. The van der Waals surface area contributed by atoms with E-state index in [0.29, 0.717) is 0 Å². The molecule has 0 saturated carbocycles. The van der Waals surface area contributed by atoms with E-state index in [2.05, 4.69) is 150 Å². The minimum Gasteiger partial charge on any atom is -0.455 e. The first-order valence-corrected chi connectivity index (χ1v) is 15.6. The van der Waals surface area contributed by atoms with E-state index in [0.717, 1.165) is 66.3 Å². The van der Waals surface area contributed by atoms with Crippen LogP contribution in [0, 0.1) is 0 Å². The average molecular weight is 587 g/mol. The van der Waals surface area contributed by atoms with Gasteiger partial charge in [0, 0.05) is 49.1 Å². The van der Waals surface area contributed by atoms with Crippen LogP contribution in [-0.4, -0.2) is 9.55 Å². The van der Waals surface area contributed by atoms with E-state index in [4.69, 9.17) is 9.40 Å². The lowest BCUT2D eigenvalue weighted by atomic mass is 9.95. The van der Waals surface area contributed by atoms with E-state index in [-0.39, 0.29) is 0 Å². The average Bonchev–Trinajstić information content (AvgIpc) is 3.68. The van der Waals surface area contributed by atoms with E-state index in [1.165, 1.54) is 27.2 Å². The van der Waals surface area contributed by atoms with Gasteiger partial charge >= 0.3 is 0 Å². The Balaban J connectivity index is 1.33. The number of benzene rings is 7. The van der Waals surface area contributed by atoms with Gasteiger partial charge in [-0.2, -0.15) is 0 Å². The molecule has 0 N–H and O–H groups in total. The third-order valence-electron chi connectivity index (χ3n) is 9.37. The molecule has 0 radical (unpaired) electrons. The molecule has 0 aliphatic heterocycles. The largest absolute Gasteiger partial charge is 0.455 e. The number of para-hydroxylation sites is 5. The maximum Gasteiger partial charge on any atom is 0.143 e. The van der Waals surface area contributed by atoms with Gasteiger partial charge in [-0.05, 0) is 47.3 Å². The van der Waals surface area contributed by atoms with Crippen LogP contribution in [-0.2, 0) is 0 Å². The summed E-state index contributed by atoms with van der Waals surface area (Å²) in [5, 5.41) is 8.20. The fourth-order valence-electron chi connectivity index (χ4n) is 7.36. The Bertz CT molecular complexity index is 2800. The topological polar surface area (TPSA) is 31.0 Å². The van der Waals surface area contributed by atoms with Crippen molar-refractivity contribution < 1.29 is 4.42 Å². The minimum absolute atomic E-state index is 0.902. The minimum atomic E-state index is 0.902. The van der Waals surface area contributed by atoms with Crippen LogP contribution >= 0.6 is 0 Å². The fraction of sp³-hybridized carbons (Fsp3) is 0. The molecule has 0 fully saturated rings. The second kappa shape index (κ2) is 9.65. The molecule has 0 aliphatic carbocycles. The first-order valence-electron chi connectivity index (χ1n) is 15.6. The zero-order chi connectivity index (χ0) is 30.2. The van der Waals surface area contributed by atoms with Gasteiger partial charge in [0.1, 0.15) is 11.2 Å². The van der Waals surface area contributed by atoms with Crippen LogP contribution in [0.25, 0.3) is 93.5 Å². The van der Waals surface area contributed by atoms with Crippen molar-refractivity contribution in [1.29, 1.82) is 0 Å². The van der Waals surface area contributed by atoms with Gasteiger partial charge in [-0.25, -0.2) is 4.98 Å². The highest BCUT2D eigenvalue weighted by Crippen LogP contribution is 2.43. The summed E-state index contributed by atoms with van der Waals surface area (Å²) in [4.78, 5) is 5.42. The molecular weight excluding hydrogens is 560 g/mol. The van der Waals surface area contributed by atoms with Crippen LogP contribution < -0.4 is 0 Å². The predicted octanol–water partition coefficient (Wildman–Crippen LogP) is 11.7. The molecule has 0 aliphatic rings. The first kappa shape index (κ1) is 25.2. The zero-order valence-electron chi connectivity index (χ0n) is 24.8. The monoisotopic (exact) mass is 586 g/mol. The quantitative estimate of drug-likeness (QED) is 0.193. The third-order valence-corrected chi connectivity index (χ3v) is 9.37. The van der Waals surface area contributed by atoms with E-state index in [1.54, 1.807) is 0 Å². The van der Waals surface area contributed by atoms with E-state index < -0.39 is 0 Å². The summed E-state index contributed by atoms with van der Waals surface area (Å²) in [5.41, 5.74) is 10.5. The van der Waals surface area contributed by atoms with Crippen molar-refractivity contribution in [3.63, 3.8) is 0 Å². The lowest BCUT2D eigenvalue weighted by molar-refractivity contribution is 0.670. The lowest BCUT2D eigenvalue weighted by Crippen LogP contribution is -1.97. The maximum absolute atomic E-state index is 6.45. The highest BCUT2D eigenvalue weighted by atomic mass is 16.3. The van der Waals surface area contributed by atoms with Crippen molar-refractivity contribution in [2.24, 2.45) is 0 Å². The lowest BCUT2D eigenvalue weighted by Gasteiger charge is -2.15. The highest BCUT2D eigenvalue weighted by Gasteiger charge is 2.21. The Labute approximate surface area is 264 Å². The maximum atomic E-state index is 6.45. The molecule has 3 heterocycles. The predicted molar refractivity (Wildman–Crippen MR) is 192 cm³/mol. The van der Waals surface area contributed by atoms with Gasteiger partial charge in [-0.1, -0.05) is 121 Å². The van der Waals surface area contributed by atoms with E-state index in [9.17, 15) is 0 Å². The Morgan fingerprint density at radius 2 is 1.17 bits per heavy atom. The molecule has 10 rings (SSSR count). The number of fused-ring (bicyclic) bond motifs is 10. The number of aromatic nitrogens is 2. The molecule has 3 nitrogen and oxygen atoms in total. The number of hydrogen-bond donors (Lipinski definition) is 0. The Morgan fingerprint density at radius 3 is 2.09 bits per heavy atom. The second-order valence-electron chi connectivity index (χ2n) is 11.9.